The molecule has 0 amide bonds. The van der Waals surface area contributed by atoms with E-state index in [9.17, 15) is 0 Å². The van der Waals surface area contributed by atoms with Crippen LogP contribution < -0.4 is 0 Å². The molecule has 0 aliphatic rings. The smallest absolute Gasteiger partial charge is 0.207 e. The summed E-state index contributed by atoms with van der Waals surface area (Å²) in [5.74, 6) is 0.702. The van der Waals surface area contributed by atoms with Crippen LogP contribution in [0.1, 0.15) is 16.4 Å². The lowest BCUT2D eigenvalue weighted by Crippen LogP contribution is -1.93. The molecule has 0 bridgehead atoms. The number of rotatable bonds is 3. The van der Waals surface area contributed by atoms with Crippen molar-refractivity contribution in [2.75, 3.05) is 0 Å². The van der Waals surface area contributed by atoms with Crippen molar-refractivity contribution in [3.8, 4) is 0 Å². The molecule has 4 nitrogen and oxygen atoms in total. The highest BCUT2D eigenvalue weighted by Crippen LogP contribution is 2.23. The lowest BCUT2D eigenvalue weighted by Gasteiger charge is -2.00. The molecule has 0 unspecified atom stereocenters. The summed E-state index contributed by atoms with van der Waals surface area (Å²) in [5.41, 5.74) is 1.95. The molecule has 0 N–H and O–H groups in total. The third-order valence-corrected chi connectivity index (χ3v) is 3.79. The molecule has 0 radical (unpaired) electrons. The van der Waals surface area contributed by atoms with Crippen molar-refractivity contribution in [1.82, 2.24) is 20.2 Å². The van der Waals surface area contributed by atoms with Gasteiger partial charge in [0.2, 0.25) is 4.47 Å². The highest BCUT2D eigenvalue weighted by Gasteiger charge is 2.05. The van der Waals surface area contributed by atoms with Crippen molar-refractivity contribution in [2.24, 2.45) is 0 Å². The van der Waals surface area contributed by atoms with E-state index in [-0.39, 0.29) is 0 Å². The van der Waals surface area contributed by atoms with Crippen LogP contribution in [-0.2, 0) is 5.75 Å². The summed E-state index contributed by atoms with van der Waals surface area (Å²) >= 11 is 8.62. The number of nitrogens with zero attached hydrogens (tertiary/aromatic N) is 4. The van der Waals surface area contributed by atoms with E-state index in [0.717, 1.165) is 21.6 Å². The summed E-state index contributed by atoms with van der Waals surface area (Å²) in [6.45, 7) is 3.92. The van der Waals surface area contributed by atoms with E-state index >= 15 is 0 Å². The van der Waals surface area contributed by atoms with Crippen LogP contribution in [0.5, 0.6) is 0 Å². The second kappa shape index (κ2) is 5.07. The van der Waals surface area contributed by atoms with Gasteiger partial charge in [-0.05, 0) is 31.5 Å². The lowest BCUT2D eigenvalue weighted by atomic mass is 10.4. The topological polar surface area (TPSA) is 51.6 Å². The zero-order valence-electron chi connectivity index (χ0n) is 8.77. The summed E-state index contributed by atoms with van der Waals surface area (Å²) in [5, 5.41) is 9.33. The van der Waals surface area contributed by atoms with Gasteiger partial charge in [-0.15, -0.1) is 10.2 Å². The first-order chi connectivity index (χ1) is 7.63. The third kappa shape index (κ3) is 3.13. The number of aromatic nitrogens is 4. The Labute approximate surface area is 106 Å². The zero-order chi connectivity index (χ0) is 11.5. The van der Waals surface area contributed by atoms with E-state index in [1.54, 1.807) is 11.8 Å². The minimum atomic E-state index is 0.469. The molecule has 2 aromatic rings. The molecule has 0 aromatic carbocycles. The van der Waals surface area contributed by atoms with Gasteiger partial charge in [0.1, 0.15) is 5.01 Å². The summed E-state index contributed by atoms with van der Waals surface area (Å²) in [7, 11) is 0. The van der Waals surface area contributed by atoms with Crippen LogP contribution in [0.3, 0.4) is 0 Å². The average Bonchev–Trinajstić information content (AvgIpc) is 2.60. The van der Waals surface area contributed by atoms with Gasteiger partial charge in [-0.2, -0.15) is 0 Å². The minimum Gasteiger partial charge on any atom is -0.228 e. The summed E-state index contributed by atoms with van der Waals surface area (Å²) in [4.78, 5) is 8.66. The van der Waals surface area contributed by atoms with Crippen LogP contribution in [0.4, 0.5) is 0 Å². The van der Waals surface area contributed by atoms with Gasteiger partial charge in [0.15, 0.2) is 5.16 Å². The van der Waals surface area contributed by atoms with Crippen molar-refractivity contribution < 1.29 is 0 Å². The van der Waals surface area contributed by atoms with Crippen LogP contribution in [0.2, 0.25) is 4.47 Å². The van der Waals surface area contributed by atoms with Crippen molar-refractivity contribution in [3.05, 3.63) is 26.9 Å². The van der Waals surface area contributed by atoms with Gasteiger partial charge in [0.25, 0.3) is 0 Å². The van der Waals surface area contributed by atoms with Crippen molar-refractivity contribution in [3.63, 3.8) is 0 Å². The highest BCUT2D eigenvalue weighted by molar-refractivity contribution is 7.98. The molecule has 2 rings (SSSR count). The molecule has 2 aromatic heterocycles. The molecule has 0 atom stereocenters. The molecular formula is C9H9ClN4S2. The van der Waals surface area contributed by atoms with Crippen LogP contribution in [0, 0.1) is 13.8 Å². The van der Waals surface area contributed by atoms with Gasteiger partial charge in [-0.25, -0.2) is 9.97 Å². The Morgan fingerprint density at radius 1 is 1.25 bits per heavy atom. The lowest BCUT2D eigenvalue weighted by molar-refractivity contribution is 0.901. The Morgan fingerprint density at radius 2 is 1.94 bits per heavy atom. The largest absolute Gasteiger partial charge is 0.228 e. The van der Waals surface area contributed by atoms with Crippen LogP contribution >= 0.6 is 34.7 Å². The molecule has 7 heteroatoms. The van der Waals surface area contributed by atoms with Gasteiger partial charge >= 0.3 is 0 Å². The molecule has 2 heterocycles. The van der Waals surface area contributed by atoms with E-state index in [2.05, 4.69) is 20.2 Å². The van der Waals surface area contributed by atoms with Gasteiger partial charge in [0.05, 0.1) is 5.75 Å². The molecule has 0 aliphatic heterocycles. The molecule has 16 heavy (non-hydrogen) atoms. The molecule has 0 saturated heterocycles. The maximum absolute atomic E-state index is 5.70. The normalized spacial score (nSPS) is 10.7. The third-order valence-electron chi connectivity index (χ3n) is 1.73. The Hall–Kier alpha value is -0.720. The van der Waals surface area contributed by atoms with Crippen LogP contribution in [0.25, 0.3) is 0 Å². The standard InChI is InChI=1S/C9H9ClN4S2/c1-5-3-6(2)12-9(11-5)15-4-7-13-14-8(10)16-7/h3H,4H2,1-2H3. The molecule has 0 saturated carbocycles. The van der Waals surface area contributed by atoms with E-state index in [1.807, 2.05) is 19.9 Å². The van der Waals surface area contributed by atoms with Crippen molar-refractivity contribution in [1.29, 1.82) is 0 Å². The Bertz CT molecular complexity index is 480. The number of aryl methyl sites for hydroxylation is 2. The average molecular weight is 273 g/mol. The van der Waals surface area contributed by atoms with Crippen molar-refractivity contribution in [2.45, 2.75) is 24.8 Å². The second-order valence-electron chi connectivity index (χ2n) is 3.17. The van der Waals surface area contributed by atoms with Crippen LogP contribution in [0.15, 0.2) is 11.2 Å². The number of halogens is 1. The van der Waals surface area contributed by atoms with Gasteiger partial charge in [-0.3, -0.25) is 0 Å². The molecule has 0 aliphatic carbocycles. The molecule has 0 fully saturated rings. The fourth-order valence-electron chi connectivity index (χ4n) is 1.18. The Morgan fingerprint density at radius 3 is 2.50 bits per heavy atom. The van der Waals surface area contributed by atoms with E-state index < -0.39 is 0 Å². The first kappa shape index (κ1) is 11.8. The van der Waals surface area contributed by atoms with Crippen LogP contribution in [-0.4, -0.2) is 20.2 Å². The first-order valence-corrected chi connectivity index (χ1v) is 6.74. The Kier molecular flexibility index (Phi) is 3.73. The predicted octanol–water partition coefficient (Wildman–Crippen LogP) is 2.89. The molecular weight excluding hydrogens is 264 g/mol. The van der Waals surface area contributed by atoms with E-state index in [1.165, 1.54) is 11.3 Å². The molecule has 84 valence electrons. The highest BCUT2D eigenvalue weighted by atomic mass is 35.5. The SMILES string of the molecule is Cc1cc(C)nc(SCc2nnc(Cl)s2)n1. The summed E-state index contributed by atoms with van der Waals surface area (Å²) in [6.07, 6.45) is 0. The quantitative estimate of drug-likeness (QED) is 0.635. The van der Waals surface area contributed by atoms with Crippen molar-refractivity contribution >= 4 is 34.7 Å². The Balaban J connectivity index is 2.04. The minimum absolute atomic E-state index is 0.469. The summed E-state index contributed by atoms with van der Waals surface area (Å²) in [6, 6.07) is 1.95. The summed E-state index contributed by atoms with van der Waals surface area (Å²) < 4.78 is 0.469. The van der Waals surface area contributed by atoms with E-state index in [4.69, 9.17) is 11.6 Å². The fraction of sp³-hybridized carbons (Fsp3) is 0.333. The van der Waals surface area contributed by atoms with Gasteiger partial charge in [0, 0.05) is 11.4 Å². The maximum Gasteiger partial charge on any atom is 0.207 e. The number of hydrogen-bond donors (Lipinski definition) is 0. The maximum atomic E-state index is 5.70. The molecule has 0 spiro atoms. The zero-order valence-corrected chi connectivity index (χ0v) is 11.2. The monoisotopic (exact) mass is 272 g/mol. The van der Waals surface area contributed by atoms with E-state index in [0.29, 0.717) is 10.2 Å². The first-order valence-electron chi connectivity index (χ1n) is 4.56. The predicted molar refractivity (Wildman–Crippen MR) is 66.0 cm³/mol. The van der Waals surface area contributed by atoms with Gasteiger partial charge < -0.3 is 0 Å². The number of hydrogen-bond acceptors (Lipinski definition) is 6. The van der Waals surface area contributed by atoms with Gasteiger partial charge in [-0.1, -0.05) is 23.1 Å². The number of thioether (sulfide) groups is 1. The second-order valence-corrected chi connectivity index (χ2v) is 5.76. The fourth-order valence-corrected chi connectivity index (χ4v) is 2.98.